The van der Waals surface area contributed by atoms with Crippen LogP contribution in [0.2, 0.25) is 0 Å². The highest BCUT2D eigenvalue weighted by molar-refractivity contribution is 9.09. The van der Waals surface area contributed by atoms with E-state index in [2.05, 4.69) is 26.9 Å². The second-order valence-corrected chi connectivity index (χ2v) is 6.38. The van der Waals surface area contributed by atoms with Crippen molar-refractivity contribution in [2.75, 3.05) is 34.8 Å². The lowest BCUT2D eigenvalue weighted by Gasteiger charge is -2.22. The number of nitriles is 1. The van der Waals surface area contributed by atoms with Gasteiger partial charge in [0.2, 0.25) is 5.91 Å². The number of amides is 1. The predicted octanol–water partition coefficient (Wildman–Crippen LogP) is 2.91. The molecule has 0 radical (unpaired) electrons. The third kappa shape index (κ3) is 2.77. The van der Waals surface area contributed by atoms with Crippen molar-refractivity contribution < 1.29 is 4.79 Å². The molecule has 0 aliphatic carbocycles. The summed E-state index contributed by atoms with van der Waals surface area (Å²) >= 11 is 3.45. The molecule has 2 aliphatic heterocycles. The maximum Gasteiger partial charge on any atom is 0.227 e. The van der Waals surface area contributed by atoms with Crippen molar-refractivity contribution >= 4 is 33.2 Å². The van der Waals surface area contributed by atoms with Gasteiger partial charge in [0.15, 0.2) is 0 Å². The Bertz CT molecular complexity index is 590. The van der Waals surface area contributed by atoms with E-state index in [4.69, 9.17) is 0 Å². The monoisotopic (exact) mass is 347 g/mol. The summed E-state index contributed by atoms with van der Waals surface area (Å²) in [5.41, 5.74) is 2.52. The summed E-state index contributed by atoms with van der Waals surface area (Å²) in [6.07, 6.45) is 2.95. The molecule has 0 saturated carbocycles. The normalized spacial score (nSPS) is 21.9. The summed E-state index contributed by atoms with van der Waals surface area (Å²) < 4.78 is 0. The number of carbonyl (C=O) groups is 1. The SMILES string of the molecule is N#Cc1cc(N2CC(CBr)CC2=O)ccc1N1CCCC1. The van der Waals surface area contributed by atoms with Crippen LogP contribution in [0, 0.1) is 17.2 Å². The lowest BCUT2D eigenvalue weighted by Crippen LogP contribution is -2.25. The van der Waals surface area contributed by atoms with E-state index in [0.717, 1.165) is 36.3 Å². The molecule has 1 atom stereocenters. The van der Waals surface area contributed by atoms with Crippen molar-refractivity contribution in [1.82, 2.24) is 0 Å². The van der Waals surface area contributed by atoms with Gasteiger partial charge in [-0.15, -0.1) is 0 Å². The van der Waals surface area contributed by atoms with Crippen molar-refractivity contribution in [3.8, 4) is 6.07 Å². The van der Waals surface area contributed by atoms with Gasteiger partial charge in [-0.05, 0) is 37.0 Å². The minimum absolute atomic E-state index is 0.150. The Labute approximate surface area is 133 Å². The molecule has 1 aromatic rings. The summed E-state index contributed by atoms with van der Waals surface area (Å²) in [5.74, 6) is 0.513. The van der Waals surface area contributed by atoms with E-state index in [9.17, 15) is 10.1 Å². The van der Waals surface area contributed by atoms with Gasteiger partial charge in [0.1, 0.15) is 6.07 Å². The molecular formula is C16H18BrN3O. The summed E-state index contributed by atoms with van der Waals surface area (Å²) in [4.78, 5) is 16.2. The van der Waals surface area contributed by atoms with Gasteiger partial charge in [0, 0.05) is 37.1 Å². The van der Waals surface area contributed by atoms with Crippen LogP contribution in [-0.2, 0) is 4.79 Å². The fourth-order valence-corrected chi connectivity index (χ4v) is 3.58. The maximum absolute atomic E-state index is 12.1. The van der Waals surface area contributed by atoms with Gasteiger partial charge in [-0.25, -0.2) is 0 Å². The Morgan fingerprint density at radius 1 is 1.33 bits per heavy atom. The van der Waals surface area contributed by atoms with Gasteiger partial charge in [0.25, 0.3) is 0 Å². The largest absolute Gasteiger partial charge is 0.370 e. The number of halogens is 1. The second-order valence-electron chi connectivity index (χ2n) is 5.74. The average Bonchev–Trinajstić information content (AvgIpc) is 3.16. The van der Waals surface area contributed by atoms with Crippen molar-refractivity contribution in [2.45, 2.75) is 19.3 Å². The van der Waals surface area contributed by atoms with E-state index >= 15 is 0 Å². The van der Waals surface area contributed by atoms with E-state index in [1.165, 1.54) is 12.8 Å². The lowest BCUT2D eigenvalue weighted by molar-refractivity contribution is -0.117. The third-order valence-electron chi connectivity index (χ3n) is 4.28. The van der Waals surface area contributed by atoms with Crippen LogP contribution in [0.4, 0.5) is 11.4 Å². The molecular weight excluding hydrogens is 330 g/mol. The molecule has 1 amide bonds. The molecule has 21 heavy (non-hydrogen) atoms. The summed E-state index contributed by atoms with van der Waals surface area (Å²) in [6.45, 7) is 2.77. The van der Waals surface area contributed by atoms with Crippen LogP contribution in [0.1, 0.15) is 24.8 Å². The van der Waals surface area contributed by atoms with Gasteiger partial charge < -0.3 is 9.80 Å². The number of hydrogen-bond donors (Lipinski definition) is 0. The van der Waals surface area contributed by atoms with Crippen molar-refractivity contribution in [1.29, 1.82) is 5.26 Å². The highest BCUT2D eigenvalue weighted by Crippen LogP contribution is 2.31. The number of rotatable bonds is 3. The first kappa shape index (κ1) is 14.4. The first-order valence-corrected chi connectivity index (χ1v) is 8.50. The molecule has 0 bridgehead atoms. The standard InChI is InChI=1S/C16H18BrN3O/c17-9-12-7-16(21)20(11-12)14-3-4-15(13(8-14)10-18)19-5-1-2-6-19/h3-4,8,12H,1-2,5-7,9,11H2. The van der Waals surface area contributed by atoms with Crippen LogP contribution in [0.5, 0.6) is 0 Å². The highest BCUT2D eigenvalue weighted by Gasteiger charge is 2.30. The summed E-state index contributed by atoms with van der Waals surface area (Å²) in [6, 6.07) is 8.12. The Kier molecular flexibility index (Phi) is 4.16. The van der Waals surface area contributed by atoms with Gasteiger partial charge >= 0.3 is 0 Å². The second kappa shape index (κ2) is 6.07. The number of hydrogen-bond acceptors (Lipinski definition) is 3. The van der Waals surface area contributed by atoms with Crippen molar-refractivity contribution in [3.05, 3.63) is 23.8 Å². The smallest absolute Gasteiger partial charge is 0.227 e. The third-order valence-corrected chi connectivity index (χ3v) is 5.20. The van der Waals surface area contributed by atoms with Gasteiger partial charge in [-0.1, -0.05) is 15.9 Å². The molecule has 1 aromatic carbocycles. The number of benzene rings is 1. The van der Waals surface area contributed by atoms with Crippen LogP contribution in [-0.4, -0.2) is 30.9 Å². The predicted molar refractivity (Wildman–Crippen MR) is 86.9 cm³/mol. The van der Waals surface area contributed by atoms with Gasteiger partial charge in [-0.3, -0.25) is 4.79 Å². The molecule has 5 heteroatoms. The topological polar surface area (TPSA) is 47.3 Å². The molecule has 2 fully saturated rings. The molecule has 1 unspecified atom stereocenters. The van der Waals surface area contributed by atoms with E-state index in [-0.39, 0.29) is 5.91 Å². The molecule has 0 N–H and O–H groups in total. The first-order valence-electron chi connectivity index (χ1n) is 7.38. The minimum Gasteiger partial charge on any atom is -0.370 e. The van der Waals surface area contributed by atoms with Crippen LogP contribution in [0.25, 0.3) is 0 Å². The quantitative estimate of drug-likeness (QED) is 0.789. The number of carbonyl (C=O) groups excluding carboxylic acids is 1. The van der Waals surface area contributed by atoms with Crippen LogP contribution >= 0.6 is 15.9 Å². The van der Waals surface area contributed by atoms with Gasteiger partial charge in [0.05, 0.1) is 11.3 Å². The number of anilines is 2. The maximum atomic E-state index is 12.1. The van der Waals surface area contributed by atoms with E-state index < -0.39 is 0 Å². The zero-order valence-electron chi connectivity index (χ0n) is 11.9. The minimum atomic E-state index is 0.150. The molecule has 0 spiro atoms. The van der Waals surface area contributed by atoms with Crippen molar-refractivity contribution in [3.63, 3.8) is 0 Å². The zero-order valence-corrected chi connectivity index (χ0v) is 13.5. The molecule has 2 heterocycles. The Hall–Kier alpha value is -1.54. The van der Waals surface area contributed by atoms with Gasteiger partial charge in [-0.2, -0.15) is 5.26 Å². The molecule has 2 saturated heterocycles. The molecule has 110 valence electrons. The van der Waals surface area contributed by atoms with Crippen molar-refractivity contribution in [2.24, 2.45) is 5.92 Å². The van der Waals surface area contributed by atoms with Crippen LogP contribution in [0.15, 0.2) is 18.2 Å². The van der Waals surface area contributed by atoms with Crippen LogP contribution in [0.3, 0.4) is 0 Å². The molecule has 0 aromatic heterocycles. The Morgan fingerprint density at radius 2 is 2.10 bits per heavy atom. The average molecular weight is 348 g/mol. The van der Waals surface area contributed by atoms with Crippen LogP contribution < -0.4 is 9.80 Å². The Morgan fingerprint density at radius 3 is 2.71 bits per heavy atom. The molecule has 4 nitrogen and oxygen atoms in total. The first-order chi connectivity index (χ1) is 10.2. The zero-order chi connectivity index (χ0) is 14.8. The summed E-state index contributed by atoms with van der Waals surface area (Å²) in [7, 11) is 0. The molecule has 3 rings (SSSR count). The fourth-order valence-electron chi connectivity index (χ4n) is 3.15. The molecule has 2 aliphatic rings. The fraction of sp³-hybridized carbons (Fsp3) is 0.500. The Balaban J connectivity index is 1.88. The van der Waals surface area contributed by atoms with E-state index in [1.54, 1.807) is 4.90 Å². The lowest BCUT2D eigenvalue weighted by atomic mass is 10.1. The van der Waals surface area contributed by atoms with E-state index in [0.29, 0.717) is 17.9 Å². The number of alkyl halides is 1. The van der Waals surface area contributed by atoms with E-state index in [1.807, 2.05) is 18.2 Å². The number of nitrogens with zero attached hydrogens (tertiary/aromatic N) is 3. The summed E-state index contributed by atoms with van der Waals surface area (Å²) in [5, 5.41) is 10.3. The highest BCUT2D eigenvalue weighted by atomic mass is 79.9.